The lowest BCUT2D eigenvalue weighted by Gasteiger charge is -2.35. The number of Topliss-reactive ketones (excluding diaryl/α,β-unsaturated/α-hetero) is 1. The van der Waals surface area contributed by atoms with Crippen LogP contribution in [0.2, 0.25) is 0 Å². The third kappa shape index (κ3) is 5.27. The highest BCUT2D eigenvalue weighted by Gasteiger charge is 2.22. The number of nitrogens with zero attached hydrogens (tertiary/aromatic N) is 1. The topological polar surface area (TPSA) is 49.4 Å². The molecule has 0 bridgehead atoms. The Morgan fingerprint density at radius 2 is 1.70 bits per heavy atom. The van der Waals surface area contributed by atoms with Crippen molar-refractivity contribution < 1.29 is 9.59 Å². The molecule has 4 heteroatoms. The van der Waals surface area contributed by atoms with Crippen LogP contribution in [-0.2, 0) is 17.8 Å². The van der Waals surface area contributed by atoms with Crippen molar-refractivity contribution in [1.82, 2.24) is 10.2 Å². The number of fused-ring (bicyclic) bond motifs is 1. The van der Waals surface area contributed by atoms with Gasteiger partial charge >= 0.3 is 0 Å². The molecule has 142 valence electrons. The number of carbonyl (C=O) groups is 2. The van der Waals surface area contributed by atoms with Crippen LogP contribution in [0.5, 0.6) is 0 Å². The van der Waals surface area contributed by atoms with Gasteiger partial charge in [-0.3, -0.25) is 14.5 Å². The minimum atomic E-state index is -0.0462. The van der Waals surface area contributed by atoms with Crippen LogP contribution >= 0.6 is 0 Å². The Balaban J connectivity index is 1.45. The summed E-state index contributed by atoms with van der Waals surface area (Å²) in [4.78, 5) is 26.8. The van der Waals surface area contributed by atoms with Crippen molar-refractivity contribution >= 4 is 11.7 Å². The molecule has 1 N–H and O–H groups in total. The SMILES string of the molecule is CC[C@@H](CNC(=O)CCC(=O)c1ccccc1)N1CCc2ccccc2C1. The Labute approximate surface area is 161 Å². The molecule has 2 aromatic carbocycles. The summed E-state index contributed by atoms with van der Waals surface area (Å²) in [5, 5.41) is 3.03. The average Bonchev–Trinajstić information content (AvgIpc) is 2.73. The fraction of sp³-hybridized carbons (Fsp3) is 0.391. The van der Waals surface area contributed by atoms with Crippen LogP contribution in [0.1, 0.15) is 47.7 Å². The van der Waals surface area contributed by atoms with Crippen LogP contribution in [0.3, 0.4) is 0 Å². The van der Waals surface area contributed by atoms with Gasteiger partial charge in [0.05, 0.1) is 0 Å². The molecule has 3 rings (SSSR count). The number of hydrogen-bond acceptors (Lipinski definition) is 3. The number of hydrogen-bond donors (Lipinski definition) is 1. The highest BCUT2D eigenvalue weighted by atomic mass is 16.2. The smallest absolute Gasteiger partial charge is 0.220 e. The molecular formula is C23H28N2O2. The Hall–Kier alpha value is -2.46. The maximum Gasteiger partial charge on any atom is 0.220 e. The monoisotopic (exact) mass is 364 g/mol. The lowest BCUT2D eigenvalue weighted by Crippen LogP contribution is -2.45. The molecule has 4 nitrogen and oxygen atoms in total. The zero-order chi connectivity index (χ0) is 19.1. The van der Waals surface area contributed by atoms with Crippen molar-refractivity contribution in [3.05, 3.63) is 71.3 Å². The van der Waals surface area contributed by atoms with E-state index in [1.165, 1.54) is 11.1 Å². The number of rotatable bonds is 8. The van der Waals surface area contributed by atoms with Crippen molar-refractivity contribution in [2.45, 2.75) is 45.2 Å². The van der Waals surface area contributed by atoms with Gasteiger partial charge < -0.3 is 5.32 Å². The summed E-state index contributed by atoms with van der Waals surface area (Å²) in [7, 11) is 0. The van der Waals surface area contributed by atoms with Gasteiger partial charge in [0.25, 0.3) is 0 Å². The number of nitrogens with one attached hydrogen (secondary N) is 1. The molecule has 1 heterocycles. The molecule has 0 saturated heterocycles. The molecule has 1 amide bonds. The maximum absolute atomic E-state index is 12.2. The normalized spacial score (nSPS) is 15.0. The van der Waals surface area contributed by atoms with E-state index in [9.17, 15) is 9.59 Å². The summed E-state index contributed by atoms with van der Waals surface area (Å²) >= 11 is 0. The van der Waals surface area contributed by atoms with E-state index < -0.39 is 0 Å². The summed E-state index contributed by atoms with van der Waals surface area (Å²) in [6.07, 6.45) is 2.55. The van der Waals surface area contributed by atoms with Gasteiger partial charge in [-0.1, -0.05) is 61.5 Å². The van der Waals surface area contributed by atoms with E-state index in [0.717, 1.165) is 25.9 Å². The summed E-state index contributed by atoms with van der Waals surface area (Å²) < 4.78 is 0. The zero-order valence-electron chi connectivity index (χ0n) is 16.0. The molecule has 27 heavy (non-hydrogen) atoms. The maximum atomic E-state index is 12.2. The van der Waals surface area contributed by atoms with Crippen molar-refractivity contribution in [2.24, 2.45) is 0 Å². The van der Waals surface area contributed by atoms with E-state index in [1.807, 2.05) is 18.2 Å². The van der Waals surface area contributed by atoms with Crippen LogP contribution in [0, 0.1) is 0 Å². The van der Waals surface area contributed by atoms with Gasteiger partial charge in [0.2, 0.25) is 5.91 Å². The summed E-state index contributed by atoms with van der Waals surface area (Å²) in [5.74, 6) is -0.0273. The van der Waals surface area contributed by atoms with E-state index in [-0.39, 0.29) is 24.5 Å². The number of ketones is 1. The van der Waals surface area contributed by atoms with Gasteiger partial charge in [0.15, 0.2) is 5.78 Å². The number of amides is 1. The molecule has 0 unspecified atom stereocenters. The van der Waals surface area contributed by atoms with E-state index in [1.54, 1.807) is 12.1 Å². The Morgan fingerprint density at radius 1 is 1.00 bits per heavy atom. The summed E-state index contributed by atoms with van der Waals surface area (Å²) in [6, 6.07) is 18.1. The lowest BCUT2D eigenvalue weighted by molar-refractivity contribution is -0.121. The van der Waals surface area contributed by atoms with Gasteiger partial charge in [-0.05, 0) is 24.0 Å². The first-order valence-electron chi connectivity index (χ1n) is 9.83. The van der Waals surface area contributed by atoms with Crippen LogP contribution in [0.25, 0.3) is 0 Å². The fourth-order valence-corrected chi connectivity index (χ4v) is 3.68. The standard InChI is InChI=1S/C23H28N2O2/c1-2-21(25-15-14-18-8-6-7-11-20(18)17-25)16-24-23(27)13-12-22(26)19-9-4-3-5-10-19/h3-11,21H,2,12-17H2,1H3,(H,24,27)/t21-/m0/s1. The van der Waals surface area contributed by atoms with Gasteiger partial charge in [0, 0.05) is 44.1 Å². The van der Waals surface area contributed by atoms with E-state index in [0.29, 0.717) is 18.2 Å². The molecule has 1 aliphatic rings. The third-order valence-electron chi connectivity index (χ3n) is 5.36. The zero-order valence-corrected chi connectivity index (χ0v) is 16.0. The highest BCUT2D eigenvalue weighted by Crippen LogP contribution is 2.21. The van der Waals surface area contributed by atoms with Crippen molar-refractivity contribution in [3.63, 3.8) is 0 Å². The van der Waals surface area contributed by atoms with Crippen LogP contribution in [0.15, 0.2) is 54.6 Å². The molecule has 0 aromatic heterocycles. The predicted molar refractivity (Wildman–Crippen MR) is 108 cm³/mol. The largest absolute Gasteiger partial charge is 0.355 e. The fourth-order valence-electron chi connectivity index (χ4n) is 3.68. The number of benzene rings is 2. The Kier molecular flexibility index (Phi) is 6.77. The van der Waals surface area contributed by atoms with Crippen LogP contribution < -0.4 is 5.32 Å². The Bertz CT molecular complexity index is 773. The van der Waals surface area contributed by atoms with Gasteiger partial charge in [-0.2, -0.15) is 0 Å². The summed E-state index contributed by atoms with van der Waals surface area (Å²) in [5.41, 5.74) is 3.50. The molecule has 1 atom stereocenters. The van der Waals surface area contributed by atoms with E-state index >= 15 is 0 Å². The molecule has 0 aliphatic carbocycles. The molecular weight excluding hydrogens is 336 g/mol. The first-order valence-corrected chi connectivity index (χ1v) is 9.83. The van der Waals surface area contributed by atoms with Crippen molar-refractivity contribution in [1.29, 1.82) is 0 Å². The van der Waals surface area contributed by atoms with Gasteiger partial charge in [0.1, 0.15) is 0 Å². The first kappa shape index (κ1) is 19.3. The number of carbonyl (C=O) groups excluding carboxylic acids is 2. The second kappa shape index (κ2) is 9.47. The third-order valence-corrected chi connectivity index (χ3v) is 5.36. The van der Waals surface area contributed by atoms with Crippen molar-refractivity contribution in [3.8, 4) is 0 Å². The van der Waals surface area contributed by atoms with Gasteiger partial charge in [-0.15, -0.1) is 0 Å². The first-order chi connectivity index (χ1) is 13.2. The minimum absolute atomic E-state index is 0.0189. The Morgan fingerprint density at radius 3 is 2.44 bits per heavy atom. The molecule has 0 fully saturated rings. The molecule has 2 aromatic rings. The molecule has 0 spiro atoms. The molecule has 0 radical (unpaired) electrons. The molecule has 0 saturated carbocycles. The van der Waals surface area contributed by atoms with E-state index in [4.69, 9.17) is 0 Å². The lowest BCUT2D eigenvalue weighted by atomic mass is 9.98. The van der Waals surface area contributed by atoms with Crippen LogP contribution in [-0.4, -0.2) is 35.7 Å². The van der Waals surface area contributed by atoms with Gasteiger partial charge in [-0.25, -0.2) is 0 Å². The quantitative estimate of drug-likeness (QED) is 0.728. The predicted octanol–water partition coefficient (Wildman–Crippen LogP) is 3.60. The highest BCUT2D eigenvalue weighted by molar-refractivity contribution is 5.97. The second-order valence-corrected chi connectivity index (χ2v) is 7.14. The van der Waals surface area contributed by atoms with Crippen LogP contribution in [0.4, 0.5) is 0 Å². The average molecular weight is 364 g/mol. The van der Waals surface area contributed by atoms with E-state index in [2.05, 4.69) is 41.4 Å². The van der Waals surface area contributed by atoms with Crippen molar-refractivity contribution in [2.75, 3.05) is 13.1 Å². The minimum Gasteiger partial charge on any atom is -0.355 e. The second-order valence-electron chi connectivity index (χ2n) is 7.14. The molecule has 1 aliphatic heterocycles. The summed E-state index contributed by atoms with van der Waals surface area (Å²) in [6.45, 7) is 4.77.